The summed E-state index contributed by atoms with van der Waals surface area (Å²) in [6, 6.07) is 14.4. The van der Waals surface area contributed by atoms with E-state index in [0.29, 0.717) is 16.9 Å². The molecule has 0 radical (unpaired) electrons. The van der Waals surface area contributed by atoms with Gasteiger partial charge in [0.2, 0.25) is 10.0 Å². The zero-order valence-electron chi connectivity index (χ0n) is 14.3. The summed E-state index contributed by atoms with van der Waals surface area (Å²) in [7, 11) is -3.76. The van der Waals surface area contributed by atoms with Gasteiger partial charge in [0.25, 0.3) is 5.91 Å². The molecule has 0 aliphatic heterocycles. The van der Waals surface area contributed by atoms with Crippen LogP contribution in [-0.4, -0.2) is 14.3 Å². The molecular formula is C19H17FN2O4S. The van der Waals surface area contributed by atoms with Crippen LogP contribution in [-0.2, 0) is 10.0 Å². The van der Waals surface area contributed by atoms with Crippen molar-refractivity contribution in [3.8, 4) is 11.3 Å². The van der Waals surface area contributed by atoms with Crippen molar-refractivity contribution in [3.63, 3.8) is 0 Å². The Bertz CT molecular complexity index is 1060. The maximum atomic E-state index is 13.0. The highest BCUT2D eigenvalue weighted by molar-refractivity contribution is 7.89. The second-order valence-corrected chi connectivity index (χ2v) is 7.54. The van der Waals surface area contributed by atoms with Crippen LogP contribution in [0.1, 0.15) is 29.1 Å². The number of amides is 1. The Morgan fingerprint density at radius 1 is 1.04 bits per heavy atom. The predicted octanol–water partition coefficient (Wildman–Crippen LogP) is 3.22. The number of carbonyl (C=O) groups excluding carboxylic acids is 1. The molecule has 1 unspecified atom stereocenters. The molecule has 140 valence electrons. The zero-order valence-corrected chi connectivity index (χ0v) is 15.2. The lowest BCUT2D eigenvalue weighted by Gasteiger charge is -2.13. The lowest BCUT2D eigenvalue weighted by atomic mass is 10.1. The first-order chi connectivity index (χ1) is 12.7. The highest BCUT2D eigenvalue weighted by Gasteiger charge is 2.16. The number of sulfonamides is 1. The molecule has 3 rings (SSSR count). The molecular weight excluding hydrogens is 371 g/mol. The quantitative estimate of drug-likeness (QED) is 0.700. The topological polar surface area (TPSA) is 102 Å². The lowest BCUT2D eigenvalue weighted by molar-refractivity contribution is 0.0912. The van der Waals surface area contributed by atoms with E-state index in [1.807, 2.05) is 0 Å². The van der Waals surface area contributed by atoms with Crippen LogP contribution in [0.5, 0.6) is 0 Å². The van der Waals surface area contributed by atoms with E-state index in [2.05, 4.69) is 5.32 Å². The van der Waals surface area contributed by atoms with Gasteiger partial charge in [0.1, 0.15) is 11.6 Å². The van der Waals surface area contributed by atoms with Gasteiger partial charge in [0.15, 0.2) is 5.76 Å². The van der Waals surface area contributed by atoms with Crippen molar-refractivity contribution in [1.29, 1.82) is 0 Å². The fourth-order valence-electron chi connectivity index (χ4n) is 2.53. The van der Waals surface area contributed by atoms with Crippen LogP contribution in [0.4, 0.5) is 4.39 Å². The zero-order chi connectivity index (χ0) is 19.6. The number of hydrogen-bond acceptors (Lipinski definition) is 4. The van der Waals surface area contributed by atoms with E-state index in [1.165, 1.54) is 30.3 Å². The molecule has 1 atom stereocenters. The average Bonchev–Trinajstić information content (AvgIpc) is 3.12. The van der Waals surface area contributed by atoms with Crippen LogP contribution in [0.2, 0.25) is 0 Å². The maximum absolute atomic E-state index is 13.0. The van der Waals surface area contributed by atoms with Gasteiger partial charge in [-0.1, -0.05) is 12.1 Å². The molecule has 0 saturated carbocycles. The Labute approximate surface area is 155 Å². The number of rotatable bonds is 5. The van der Waals surface area contributed by atoms with E-state index in [-0.39, 0.29) is 22.5 Å². The molecule has 8 heteroatoms. The molecule has 27 heavy (non-hydrogen) atoms. The van der Waals surface area contributed by atoms with Gasteiger partial charge >= 0.3 is 0 Å². The summed E-state index contributed by atoms with van der Waals surface area (Å²) in [5, 5.41) is 7.84. The highest BCUT2D eigenvalue weighted by atomic mass is 32.2. The maximum Gasteiger partial charge on any atom is 0.287 e. The molecule has 0 aliphatic rings. The monoisotopic (exact) mass is 388 g/mol. The number of primary sulfonamides is 1. The number of halogens is 1. The minimum Gasteiger partial charge on any atom is -0.451 e. The summed E-state index contributed by atoms with van der Waals surface area (Å²) in [6.07, 6.45) is 0. The Kier molecular flexibility index (Phi) is 5.11. The second-order valence-electron chi connectivity index (χ2n) is 5.98. The number of nitrogens with two attached hydrogens (primary N) is 1. The van der Waals surface area contributed by atoms with E-state index in [1.54, 1.807) is 37.3 Å². The van der Waals surface area contributed by atoms with Gasteiger partial charge in [0, 0.05) is 5.56 Å². The smallest absolute Gasteiger partial charge is 0.287 e. The third-order valence-corrected chi connectivity index (χ3v) is 4.94. The summed E-state index contributed by atoms with van der Waals surface area (Å²) < 4.78 is 41.1. The van der Waals surface area contributed by atoms with Crippen molar-refractivity contribution in [3.05, 3.63) is 77.8 Å². The minimum absolute atomic E-state index is 0.000231. The number of carbonyl (C=O) groups is 1. The number of furan rings is 1. The molecule has 0 fully saturated rings. The van der Waals surface area contributed by atoms with Gasteiger partial charge in [0.05, 0.1) is 10.9 Å². The summed E-state index contributed by atoms with van der Waals surface area (Å²) in [5.74, 6) is -0.218. The van der Waals surface area contributed by atoms with Gasteiger partial charge in [-0.2, -0.15) is 0 Å². The average molecular weight is 388 g/mol. The first kappa shape index (κ1) is 18.8. The van der Waals surface area contributed by atoms with E-state index >= 15 is 0 Å². The number of nitrogens with one attached hydrogen (secondary N) is 1. The van der Waals surface area contributed by atoms with Crippen molar-refractivity contribution >= 4 is 15.9 Å². The van der Waals surface area contributed by atoms with Crippen LogP contribution in [0.25, 0.3) is 11.3 Å². The molecule has 0 spiro atoms. The van der Waals surface area contributed by atoms with Crippen molar-refractivity contribution in [1.82, 2.24) is 5.32 Å². The van der Waals surface area contributed by atoms with E-state index in [9.17, 15) is 17.6 Å². The number of benzene rings is 2. The molecule has 1 heterocycles. The standard InChI is InChI=1S/C19H17FN2O4S/c1-12(13-4-8-16(9-5-13)27(21,24)25)22-19(23)18-11-10-17(26-18)14-2-6-15(20)7-3-14/h2-12H,1H3,(H,22,23)(H2,21,24,25). The van der Waals surface area contributed by atoms with Crippen LogP contribution in [0, 0.1) is 5.82 Å². The van der Waals surface area contributed by atoms with Gasteiger partial charge in [-0.3, -0.25) is 4.79 Å². The van der Waals surface area contributed by atoms with Crippen molar-refractivity contribution in [2.24, 2.45) is 5.14 Å². The summed E-state index contributed by atoms with van der Waals surface area (Å²) >= 11 is 0. The highest BCUT2D eigenvalue weighted by Crippen LogP contribution is 2.23. The van der Waals surface area contributed by atoms with Gasteiger partial charge in [-0.25, -0.2) is 17.9 Å². The fraction of sp³-hybridized carbons (Fsp3) is 0.105. The summed E-state index contributed by atoms with van der Waals surface area (Å²) in [4.78, 5) is 12.4. The minimum atomic E-state index is -3.76. The normalized spacial score (nSPS) is 12.6. The van der Waals surface area contributed by atoms with Crippen LogP contribution < -0.4 is 10.5 Å². The van der Waals surface area contributed by atoms with Gasteiger partial charge in [-0.05, 0) is 61.0 Å². The largest absolute Gasteiger partial charge is 0.451 e. The first-order valence-electron chi connectivity index (χ1n) is 8.03. The third kappa shape index (κ3) is 4.42. The van der Waals surface area contributed by atoms with Crippen molar-refractivity contribution < 1.29 is 22.0 Å². The van der Waals surface area contributed by atoms with E-state index in [0.717, 1.165) is 0 Å². The molecule has 0 saturated heterocycles. The molecule has 1 amide bonds. The molecule has 3 aromatic rings. The molecule has 2 aromatic carbocycles. The van der Waals surface area contributed by atoms with Crippen molar-refractivity contribution in [2.45, 2.75) is 17.9 Å². The van der Waals surface area contributed by atoms with E-state index < -0.39 is 15.9 Å². The van der Waals surface area contributed by atoms with Crippen molar-refractivity contribution in [2.75, 3.05) is 0 Å². The predicted molar refractivity (Wildman–Crippen MR) is 97.8 cm³/mol. The van der Waals surface area contributed by atoms with Crippen LogP contribution in [0.3, 0.4) is 0 Å². The van der Waals surface area contributed by atoms with Crippen LogP contribution in [0.15, 0.2) is 70.0 Å². The third-order valence-electron chi connectivity index (χ3n) is 4.01. The first-order valence-corrected chi connectivity index (χ1v) is 9.58. The van der Waals surface area contributed by atoms with Crippen LogP contribution >= 0.6 is 0 Å². The SMILES string of the molecule is CC(NC(=O)c1ccc(-c2ccc(F)cc2)o1)c1ccc(S(N)(=O)=O)cc1. The molecule has 6 nitrogen and oxygen atoms in total. The summed E-state index contributed by atoms with van der Waals surface area (Å²) in [6.45, 7) is 1.76. The van der Waals surface area contributed by atoms with E-state index in [4.69, 9.17) is 9.56 Å². The molecule has 0 bridgehead atoms. The van der Waals surface area contributed by atoms with Gasteiger partial charge < -0.3 is 9.73 Å². The Hall–Kier alpha value is -2.97. The number of hydrogen-bond donors (Lipinski definition) is 2. The van der Waals surface area contributed by atoms with Gasteiger partial charge in [-0.15, -0.1) is 0 Å². The fourth-order valence-corrected chi connectivity index (χ4v) is 3.04. The molecule has 1 aromatic heterocycles. The molecule has 0 aliphatic carbocycles. The Morgan fingerprint density at radius 2 is 1.67 bits per heavy atom. The Balaban J connectivity index is 1.71. The second kappa shape index (κ2) is 7.34. The molecule has 3 N–H and O–H groups in total. The lowest BCUT2D eigenvalue weighted by Crippen LogP contribution is -2.26. The summed E-state index contributed by atoms with van der Waals surface area (Å²) in [5.41, 5.74) is 1.36. The Morgan fingerprint density at radius 3 is 2.26 bits per heavy atom.